The number of amides is 2. The highest BCUT2D eigenvalue weighted by Gasteiger charge is 2.34. The first kappa shape index (κ1) is 40.8. The molecule has 0 aliphatic carbocycles. The number of rotatable bonds is 19. The Labute approximate surface area is 296 Å². The Morgan fingerprint density at radius 3 is 2.00 bits per heavy atom. The topological polar surface area (TPSA) is 125 Å². The van der Waals surface area contributed by atoms with Crippen LogP contribution in [-0.4, -0.2) is 61.1 Å². The maximum absolute atomic E-state index is 14.2. The zero-order chi connectivity index (χ0) is 37.0. The van der Waals surface area contributed by atoms with Gasteiger partial charge in [-0.2, -0.15) is 0 Å². The minimum Gasteiger partial charge on any atom is -0.390 e. The third-order valence-electron chi connectivity index (χ3n) is 9.19. The lowest BCUT2D eigenvalue weighted by atomic mass is 9.99. The molecule has 3 rings (SSSR count). The van der Waals surface area contributed by atoms with Crippen LogP contribution in [0.25, 0.3) is 0 Å². The first-order chi connectivity index (χ1) is 23.7. The molecule has 0 bridgehead atoms. The lowest BCUT2D eigenvalue weighted by Gasteiger charge is -2.28. The summed E-state index contributed by atoms with van der Waals surface area (Å²) in [6.07, 6.45) is 1.53. The van der Waals surface area contributed by atoms with Crippen molar-refractivity contribution in [2.24, 2.45) is 0 Å². The molecule has 0 saturated carbocycles. The minimum absolute atomic E-state index is 0.00537. The molecule has 4 N–H and O–H groups in total. The highest BCUT2D eigenvalue weighted by Crippen LogP contribution is 2.19. The molecule has 0 fully saturated rings. The summed E-state index contributed by atoms with van der Waals surface area (Å²) in [5.41, 5.74) is 5.37. The molecule has 0 saturated heterocycles. The summed E-state index contributed by atoms with van der Waals surface area (Å²) < 4.78 is 55.8. The monoisotopic (exact) mass is 713 g/mol. The number of nitrogens with one attached hydrogen (secondary N) is 3. The molecule has 0 aliphatic heterocycles. The number of sulfone groups is 1. The van der Waals surface area contributed by atoms with E-state index in [2.05, 4.69) is 22.9 Å². The first-order valence-corrected chi connectivity index (χ1v) is 19.2. The van der Waals surface area contributed by atoms with Gasteiger partial charge in [-0.25, -0.2) is 17.2 Å². The van der Waals surface area contributed by atoms with Crippen LogP contribution in [0.15, 0.2) is 54.6 Å². The van der Waals surface area contributed by atoms with E-state index in [-0.39, 0.29) is 24.1 Å². The molecule has 1 unspecified atom stereocenters. The standard InChI is InChI=1S/C39H53F2N3O5S/c1-7-11-34(12-8-2)50(48,49)24-36(44-38(46)31-15-25(4)27(6)26(5)16-31)39(47)43-35(20-30-18-32(40)21-33(41)19-30)37(45)23-42-22-29-14-10-13-28(9-3)17-29/h10,13-19,21,34-37,42,45H,7-9,11-12,20,22-24H2,1-6H3,(H,43,47)(H,44,46)/t35-,36?,37+/m0/s1. The van der Waals surface area contributed by atoms with Gasteiger partial charge in [-0.1, -0.05) is 57.9 Å². The Morgan fingerprint density at radius 1 is 0.820 bits per heavy atom. The first-order valence-electron chi connectivity index (χ1n) is 17.5. The number of carbonyl (C=O) groups is 2. The molecule has 3 aromatic carbocycles. The summed E-state index contributed by atoms with van der Waals surface area (Å²) in [6, 6.07) is 11.7. The Morgan fingerprint density at radius 2 is 1.42 bits per heavy atom. The fraction of sp³-hybridized carbons (Fsp3) is 0.487. The minimum atomic E-state index is -3.87. The van der Waals surface area contributed by atoms with Crippen molar-refractivity contribution < 1.29 is 31.9 Å². The lowest BCUT2D eigenvalue weighted by Crippen LogP contribution is -2.57. The quantitative estimate of drug-likeness (QED) is 0.124. The molecule has 3 aromatic rings. The van der Waals surface area contributed by atoms with Gasteiger partial charge in [0.05, 0.1) is 23.1 Å². The van der Waals surface area contributed by atoms with E-state index in [1.165, 1.54) is 0 Å². The third kappa shape index (κ3) is 12.0. The molecule has 0 aliphatic rings. The number of carbonyl (C=O) groups excluding carboxylic acids is 2. The van der Waals surface area contributed by atoms with Crippen molar-refractivity contribution in [2.75, 3.05) is 12.3 Å². The van der Waals surface area contributed by atoms with E-state index >= 15 is 0 Å². The van der Waals surface area contributed by atoms with Crippen LogP contribution in [-0.2, 0) is 34.0 Å². The molecular formula is C39H53F2N3O5S. The predicted octanol–water partition coefficient (Wildman–Crippen LogP) is 5.81. The average molecular weight is 714 g/mol. The van der Waals surface area contributed by atoms with E-state index < -0.39 is 62.5 Å². The molecule has 3 atom stereocenters. The highest BCUT2D eigenvalue weighted by atomic mass is 32.2. The van der Waals surface area contributed by atoms with E-state index in [9.17, 15) is 31.9 Å². The van der Waals surface area contributed by atoms with Crippen molar-refractivity contribution in [1.29, 1.82) is 0 Å². The summed E-state index contributed by atoms with van der Waals surface area (Å²) >= 11 is 0. The van der Waals surface area contributed by atoms with Gasteiger partial charge in [0.25, 0.3) is 5.91 Å². The molecule has 50 heavy (non-hydrogen) atoms. The normalized spacial score (nSPS) is 13.6. The Bertz CT molecular complexity index is 1670. The predicted molar refractivity (Wildman–Crippen MR) is 195 cm³/mol. The van der Waals surface area contributed by atoms with Gasteiger partial charge in [0.1, 0.15) is 17.7 Å². The smallest absolute Gasteiger partial charge is 0.251 e. The van der Waals surface area contributed by atoms with Crippen molar-refractivity contribution in [3.63, 3.8) is 0 Å². The molecule has 2 amide bonds. The highest BCUT2D eigenvalue weighted by molar-refractivity contribution is 7.92. The number of benzene rings is 3. The van der Waals surface area contributed by atoms with E-state index in [4.69, 9.17) is 0 Å². The van der Waals surface area contributed by atoms with Gasteiger partial charge in [0, 0.05) is 24.7 Å². The summed E-state index contributed by atoms with van der Waals surface area (Å²) in [7, 11) is -3.87. The van der Waals surface area contributed by atoms with Crippen LogP contribution < -0.4 is 16.0 Å². The lowest BCUT2D eigenvalue weighted by molar-refractivity contribution is -0.124. The van der Waals surface area contributed by atoms with Crippen LogP contribution in [0.4, 0.5) is 8.78 Å². The Kier molecular flexibility index (Phi) is 15.6. The van der Waals surface area contributed by atoms with Crippen LogP contribution >= 0.6 is 0 Å². The number of halogens is 2. The van der Waals surface area contributed by atoms with Gasteiger partial charge in [0.15, 0.2) is 9.84 Å². The fourth-order valence-electron chi connectivity index (χ4n) is 6.12. The molecule has 0 aromatic heterocycles. The van der Waals surface area contributed by atoms with Crippen LogP contribution in [0.5, 0.6) is 0 Å². The van der Waals surface area contributed by atoms with E-state index in [0.29, 0.717) is 32.2 Å². The maximum atomic E-state index is 14.2. The number of aliphatic hydroxyl groups excluding tert-OH is 1. The van der Waals surface area contributed by atoms with Crippen LogP contribution in [0, 0.1) is 32.4 Å². The molecular weight excluding hydrogens is 661 g/mol. The van der Waals surface area contributed by atoms with Crippen molar-refractivity contribution in [2.45, 2.75) is 110 Å². The zero-order valence-corrected chi connectivity index (χ0v) is 30.9. The molecule has 0 spiro atoms. The van der Waals surface area contributed by atoms with Gasteiger partial charge in [-0.05, 0) is 104 Å². The second-order valence-electron chi connectivity index (χ2n) is 13.3. The van der Waals surface area contributed by atoms with Crippen molar-refractivity contribution in [3.05, 3.63) is 105 Å². The number of hydrogen-bond donors (Lipinski definition) is 4. The molecule has 274 valence electrons. The molecule has 11 heteroatoms. The van der Waals surface area contributed by atoms with E-state index in [1.807, 2.05) is 58.9 Å². The van der Waals surface area contributed by atoms with E-state index in [0.717, 1.165) is 52.4 Å². The van der Waals surface area contributed by atoms with Crippen LogP contribution in [0.2, 0.25) is 0 Å². The van der Waals surface area contributed by atoms with Gasteiger partial charge in [-0.3, -0.25) is 9.59 Å². The van der Waals surface area contributed by atoms with Crippen LogP contribution in [0.1, 0.15) is 90.2 Å². The van der Waals surface area contributed by atoms with Gasteiger partial charge < -0.3 is 21.1 Å². The summed E-state index contributed by atoms with van der Waals surface area (Å²) in [6.45, 7) is 11.9. The average Bonchev–Trinajstić information content (AvgIpc) is 3.05. The second kappa shape index (κ2) is 19.1. The maximum Gasteiger partial charge on any atom is 0.251 e. The Balaban J connectivity index is 1.93. The van der Waals surface area contributed by atoms with E-state index in [1.54, 1.807) is 12.1 Å². The van der Waals surface area contributed by atoms with Crippen molar-refractivity contribution in [3.8, 4) is 0 Å². The van der Waals surface area contributed by atoms with Crippen LogP contribution in [0.3, 0.4) is 0 Å². The van der Waals surface area contributed by atoms with Gasteiger partial charge in [0.2, 0.25) is 5.91 Å². The van der Waals surface area contributed by atoms with Crippen molar-refractivity contribution >= 4 is 21.7 Å². The number of aryl methyl sites for hydroxylation is 3. The second-order valence-corrected chi connectivity index (χ2v) is 15.6. The van der Waals surface area contributed by atoms with Crippen molar-refractivity contribution in [1.82, 2.24) is 16.0 Å². The Hall–Kier alpha value is -3.67. The largest absolute Gasteiger partial charge is 0.390 e. The summed E-state index contributed by atoms with van der Waals surface area (Å²) in [5, 5.41) is 19.2. The summed E-state index contributed by atoms with van der Waals surface area (Å²) in [5.74, 6) is -3.72. The molecule has 8 nitrogen and oxygen atoms in total. The van der Waals surface area contributed by atoms with Gasteiger partial charge in [-0.15, -0.1) is 0 Å². The SMILES string of the molecule is CCCC(CCC)S(=O)(=O)CC(NC(=O)c1cc(C)c(C)c(C)c1)C(=O)N[C@@H](Cc1cc(F)cc(F)c1)[C@H](O)CNCc1cccc(CC)c1. The number of hydrogen-bond acceptors (Lipinski definition) is 6. The number of aliphatic hydroxyl groups is 1. The molecule has 0 radical (unpaired) electrons. The molecule has 0 heterocycles. The fourth-order valence-corrected chi connectivity index (χ4v) is 8.28. The summed E-state index contributed by atoms with van der Waals surface area (Å²) in [4.78, 5) is 27.6. The van der Waals surface area contributed by atoms with Gasteiger partial charge >= 0.3 is 0 Å². The zero-order valence-electron chi connectivity index (χ0n) is 30.1. The third-order valence-corrected chi connectivity index (χ3v) is 11.5.